The molecule has 84 valence electrons. The number of pyridine rings is 1. The molecule has 0 fully saturated rings. The van der Waals surface area contributed by atoms with Crippen LogP contribution in [0.5, 0.6) is 5.75 Å². The molecule has 0 aromatic carbocycles. The molecule has 5 nitrogen and oxygen atoms in total. The van der Waals surface area contributed by atoms with Gasteiger partial charge in [-0.1, -0.05) is 5.11 Å². The van der Waals surface area contributed by atoms with Crippen molar-refractivity contribution in [2.75, 3.05) is 7.11 Å². The molecular formula is C11H14N4O. The Hall–Kier alpha value is -1.74. The van der Waals surface area contributed by atoms with Gasteiger partial charge in [0.05, 0.1) is 18.8 Å². The maximum atomic E-state index is 8.53. The number of hydrogen-bond acceptors (Lipinski definition) is 3. The zero-order chi connectivity index (χ0) is 11.5. The summed E-state index contributed by atoms with van der Waals surface area (Å²) in [5, 5.41) is 3.82. The molecule has 1 aromatic rings. The third-order valence-corrected chi connectivity index (χ3v) is 2.94. The van der Waals surface area contributed by atoms with Crippen molar-refractivity contribution in [2.45, 2.75) is 32.2 Å². The summed E-state index contributed by atoms with van der Waals surface area (Å²) < 4.78 is 5.24. The number of aromatic nitrogens is 1. The Kier molecular flexibility index (Phi) is 2.97. The Labute approximate surface area is 94.1 Å². The van der Waals surface area contributed by atoms with E-state index in [-0.39, 0.29) is 6.04 Å². The molecule has 1 aliphatic rings. The third kappa shape index (κ3) is 1.82. The average Bonchev–Trinajstić information content (AvgIpc) is 2.29. The highest BCUT2D eigenvalue weighted by molar-refractivity contribution is 5.38. The Morgan fingerprint density at radius 1 is 1.62 bits per heavy atom. The summed E-state index contributed by atoms with van der Waals surface area (Å²) in [4.78, 5) is 7.40. The second kappa shape index (κ2) is 4.41. The molecule has 16 heavy (non-hydrogen) atoms. The van der Waals surface area contributed by atoms with Gasteiger partial charge >= 0.3 is 0 Å². The molecule has 1 atom stereocenters. The number of rotatable bonds is 2. The zero-order valence-electron chi connectivity index (χ0n) is 9.47. The van der Waals surface area contributed by atoms with Crippen molar-refractivity contribution in [1.82, 2.24) is 4.98 Å². The highest BCUT2D eigenvalue weighted by Gasteiger charge is 2.21. The minimum absolute atomic E-state index is 0.0873. The van der Waals surface area contributed by atoms with E-state index >= 15 is 0 Å². The lowest BCUT2D eigenvalue weighted by molar-refractivity contribution is 0.405. The Bertz CT molecular complexity index is 452. The quantitative estimate of drug-likeness (QED) is 0.434. The summed E-state index contributed by atoms with van der Waals surface area (Å²) in [6.45, 7) is 1.93. The Balaban J connectivity index is 2.50. The summed E-state index contributed by atoms with van der Waals surface area (Å²) in [5.74, 6) is 0.763. The number of methoxy groups -OCH3 is 1. The van der Waals surface area contributed by atoms with Crippen molar-refractivity contribution in [3.8, 4) is 5.75 Å². The van der Waals surface area contributed by atoms with Gasteiger partial charge in [0.2, 0.25) is 0 Å². The maximum absolute atomic E-state index is 8.53. The Morgan fingerprint density at radius 3 is 3.12 bits per heavy atom. The highest BCUT2D eigenvalue weighted by atomic mass is 16.5. The fourth-order valence-electron chi connectivity index (χ4n) is 2.15. The van der Waals surface area contributed by atoms with Crippen LogP contribution in [0, 0.1) is 6.92 Å². The van der Waals surface area contributed by atoms with Crippen molar-refractivity contribution in [3.63, 3.8) is 0 Å². The van der Waals surface area contributed by atoms with Crippen LogP contribution >= 0.6 is 0 Å². The minimum atomic E-state index is -0.0873. The van der Waals surface area contributed by atoms with Crippen LogP contribution in [-0.2, 0) is 6.42 Å². The standard InChI is InChI=1S/C11H14N4O/c1-7-11(16-2)6-8-9(13-7)4-3-5-10(8)14-15-12/h6,10H,3-5H2,1-2H3. The van der Waals surface area contributed by atoms with Crippen LogP contribution in [0.3, 0.4) is 0 Å². The van der Waals surface area contributed by atoms with Crippen LogP contribution in [0.2, 0.25) is 0 Å². The van der Waals surface area contributed by atoms with E-state index < -0.39 is 0 Å². The molecule has 0 amide bonds. The lowest BCUT2D eigenvalue weighted by Crippen LogP contribution is -2.11. The molecule has 2 rings (SSSR count). The van der Waals surface area contributed by atoms with Crippen LogP contribution in [0.1, 0.15) is 35.8 Å². The number of azide groups is 1. The predicted molar refractivity (Wildman–Crippen MR) is 60.4 cm³/mol. The lowest BCUT2D eigenvalue weighted by atomic mass is 9.91. The van der Waals surface area contributed by atoms with Gasteiger partial charge in [-0.3, -0.25) is 4.98 Å². The summed E-state index contributed by atoms with van der Waals surface area (Å²) in [5.41, 5.74) is 11.5. The van der Waals surface area contributed by atoms with E-state index in [1.807, 2.05) is 13.0 Å². The van der Waals surface area contributed by atoms with Crippen molar-refractivity contribution >= 4 is 0 Å². The Morgan fingerprint density at radius 2 is 2.44 bits per heavy atom. The molecule has 0 saturated heterocycles. The van der Waals surface area contributed by atoms with E-state index in [4.69, 9.17) is 10.3 Å². The van der Waals surface area contributed by atoms with Gasteiger partial charge in [-0.15, -0.1) is 0 Å². The fourth-order valence-corrected chi connectivity index (χ4v) is 2.15. The molecule has 5 heteroatoms. The maximum Gasteiger partial charge on any atom is 0.140 e. The van der Waals surface area contributed by atoms with Crippen LogP contribution in [0.25, 0.3) is 10.4 Å². The summed E-state index contributed by atoms with van der Waals surface area (Å²) in [6, 6.07) is 1.87. The van der Waals surface area contributed by atoms with Crippen molar-refractivity contribution < 1.29 is 4.74 Å². The number of fused-ring (bicyclic) bond motifs is 1. The molecule has 0 aliphatic heterocycles. The molecule has 1 unspecified atom stereocenters. The van der Waals surface area contributed by atoms with E-state index in [9.17, 15) is 0 Å². The van der Waals surface area contributed by atoms with E-state index in [1.165, 1.54) is 0 Å². The normalized spacial score (nSPS) is 18.5. The SMILES string of the molecule is COc1cc2c(nc1C)CCCC2N=[N+]=[N-]. The number of hydrogen-bond donors (Lipinski definition) is 0. The van der Waals surface area contributed by atoms with Gasteiger partial charge in [0.25, 0.3) is 0 Å². The minimum Gasteiger partial charge on any atom is -0.495 e. The first kappa shape index (κ1) is 10.8. The summed E-state index contributed by atoms with van der Waals surface area (Å²) in [6.07, 6.45) is 2.87. The van der Waals surface area contributed by atoms with Gasteiger partial charge in [0.1, 0.15) is 5.75 Å². The van der Waals surface area contributed by atoms with Gasteiger partial charge in [-0.25, -0.2) is 0 Å². The van der Waals surface area contributed by atoms with E-state index in [0.29, 0.717) is 0 Å². The monoisotopic (exact) mass is 218 g/mol. The zero-order valence-corrected chi connectivity index (χ0v) is 9.47. The third-order valence-electron chi connectivity index (χ3n) is 2.94. The molecular weight excluding hydrogens is 204 g/mol. The van der Waals surface area contributed by atoms with Crippen LogP contribution < -0.4 is 4.74 Å². The molecule has 1 aromatic heterocycles. The fraction of sp³-hybridized carbons (Fsp3) is 0.545. The molecule has 1 aliphatic carbocycles. The van der Waals surface area contributed by atoms with E-state index in [0.717, 1.165) is 42.0 Å². The number of aryl methyl sites for hydroxylation is 2. The van der Waals surface area contributed by atoms with E-state index in [2.05, 4.69) is 15.0 Å². The molecule has 0 spiro atoms. The highest BCUT2D eigenvalue weighted by Crippen LogP contribution is 2.34. The molecule has 0 bridgehead atoms. The molecule has 0 N–H and O–H groups in total. The van der Waals surface area contributed by atoms with Gasteiger partial charge in [0, 0.05) is 10.6 Å². The first-order chi connectivity index (χ1) is 7.76. The molecule has 0 radical (unpaired) electrons. The van der Waals surface area contributed by atoms with E-state index in [1.54, 1.807) is 7.11 Å². The summed E-state index contributed by atoms with van der Waals surface area (Å²) in [7, 11) is 1.63. The first-order valence-electron chi connectivity index (χ1n) is 5.35. The van der Waals surface area contributed by atoms with Crippen LogP contribution in [-0.4, -0.2) is 12.1 Å². The topological polar surface area (TPSA) is 70.9 Å². The van der Waals surface area contributed by atoms with Crippen molar-refractivity contribution in [2.24, 2.45) is 5.11 Å². The van der Waals surface area contributed by atoms with Gasteiger partial charge in [-0.05, 0) is 43.3 Å². The molecule has 0 saturated carbocycles. The summed E-state index contributed by atoms with van der Waals surface area (Å²) >= 11 is 0. The van der Waals surface area contributed by atoms with Crippen molar-refractivity contribution in [1.29, 1.82) is 0 Å². The largest absolute Gasteiger partial charge is 0.495 e. The number of nitrogens with zero attached hydrogens (tertiary/aromatic N) is 4. The lowest BCUT2D eigenvalue weighted by Gasteiger charge is -2.22. The number of ether oxygens (including phenoxy) is 1. The van der Waals surface area contributed by atoms with Crippen LogP contribution in [0.4, 0.5) is 0 Å². The van der Waals surface area contributed by atoms with Gasteiger partial charge < -0.3 is 4.74 Å². The first-order valence-corrected chi connectivity index (χ1v) is 5.35. The second-order valence-corrected chi connectivity index (χ2v) is 3.92. The smallest absolute Gasteiger partial charge is 0.140 e. The van der Waals surface area contributed by atoms with Crippen molar-refractivity contribution in [3.05, 3.63) is 33.5 Å². The van der Waals surface area contributed by atoms with Gasteiger partial charge in [0.15, 0.2) is 0 Å². The second-order valence-electron chi connectivity index (χ2n) is 3.92. The van der Waals surface area contributed by atoms with Crippen LogP contribution in [0.15, 0.2) is 11.2 Å². The molecule has 1 heterocycles. The predicted octanol–water partition coefficient (Wildman–Crippen LogP) is 3.09. The van der Waals surface area contributed by atoms with Gasteiger partial charge in [-0.2, -0.15) is 0 Å². The average molecular weight is 218 g/mol.